The predicted octanol–water partition coefficient (Wildman–Crippen LogP) is 5.74. The molecule has 5 rings (SSSR count). The van der Waals surface area contributed by atoms with Crippen molar-refractivity contribution in [2.75, 3.05) is 19.8 Å². The average molecular weight is 549 g/mol. The second kappa shape index (κ2) is 12.2. The number of aromatic carboxylic acids is 1. The number of thioether (sulfide) groups is 1. The van der Waals surface area contributed by atoms with E-state index in [1.807, 2.05) is 49.4 Å². The van der Waals surface area contributed by atoms with Gasteiger partial charge in [-0.2, -0.15) is 0 Å². The van der Waals surface area contributed by atoms with Crippen LogP contribution in [0.15, 0.2) is 75.0 Å². The fraction of sp³-hybridized carbons (Fsp3) is 0.276. The number of carbonyl (C=O) groups excluding carboxylic acids is 1. The van der Waals surface area contributed by atoms with Crippen LogP contribution in [-0.4, -0.2) is 52.9 Å². The lowest BCUT2D eigenvalue weighted by Gasteiger charge is -2.19. The highest BCUT2D eigenvalue weighted by Gasteiger charge is 2.36. The topological polar surface area (TPSA) is 111 Å². The summed E-state index contributed by atoms with van der Waals surface area (Å²) in [5.41, 5.74) is 1.55. The van der Waals surface area contributed by atoms with Crippen molar-refractivity contribution in [1.29, 1.82) is 0 Å². The third kappa shape index (κ3) is 6.52. The largest absolute Gasteiger partial charge is 0.490 e. The summed E-state index contributed by atoms with van der Waals surface area (Å²) in [5, 5.41) is 9.66. The zero-order valence-corrected chi connectivity index (χ0v) is 22.2. The number of carbonyl (C=O) groups is 2. The van der Waals surface area contributed by atoms with Crippen LogP contribution >= 0.6 is 11.8 Å². The number of benzene rings is 2. The maximum absolute atomic E-state index is 13.5. The number of para-hydroxylation sites is 1. The number of amides is 1. The lowest BCUT2D eigenvalue weighted by molar-refractivity contribution is -0.123. The molecular weight excluding hydrogens is 520 g/mol. The van der Waals surface area contributed by atoms with E-state index in [9.17, 15) is 9.59 Å². The van der Waals surface area contributed by atoms with Crippen molar-refractivity contribution in [3.8, 4) is 11.5 Å². The van der Waals surface area contributed by atoms with Crippen LogP contribution in [0.4, 0.5) is 5.69 Å². The molecule has 0 saturated carbocycles. The molecule has 39 heavy (non-hydrogen) atoms. The number of rotatable bonds is 10. The molecule has 1 unspecified atom stereocenters. The normalized spacial score (nSPS) is 19.3. The van der Waals surface area contributed by atoms with Crippen LogP contribution in [0.2, 0.25) is 0 Å². The molecule has 1 aromatic heterocycles. The van der Waals surface area contributed by atoms with Crippen molar-refractivity contribution < 1.29 is 33.3 Å². The van der Waals surface area contributed by atoms with Crippen molar-refractivity contribution in [2.24, 2.45) is 4.99 Å². The number of furan rings is 1. The summed E-state index contributed by atoms with van der Waals surface area (Å²) in [6, 6.07) is 17.9. The molecule has 2 fully saturated rings. The summed E-state index contributed by atoms with van der Waals surface area (Å²) in [6.07, 6.45) is 3.72. The van der Waals surface area contributed by atoms with E-state index in [0.29, 0.717) is 47.1 Å². The van der Waals surface area contributed by atoms with Gasteiger partial charge < -0.3 is 23.7 Å². The standard InChI is InChI=1S/C29H28N2O7S/c1-2-35-25-15-19(10-12-23(25)37-18-22-11-13-24(38-22)28(33)34)16-26-27(32)31(17-21-9-6-14-36-21)29(39-26)30-20-7-4-3-5-8-20/h3-5,7-8,10-13,15-16,21H,2,6,9,14,17-18H2,1H3,(H,33,34). The van der Waals surface area contributed by atoms with Crippen LogP contribution in [0.1, 0.15) is 41.6 Å². The average Bonchev–Trinajstić information content (AvgIpc) is 3.68. The number of carboxylic acids is 1. The molecule has 9 nitrogen and oxygen atoms in total. The molecule has 2 aromatic carbocycles. The van der Waals surface area contributed by atoms with Crippen LogP contribution < -0.4 is 9.47 Å². The quantitative estimate of drug-likeness (QED) is 0.320. The highest BCUT2D eigenvalue weighted by molar-refractivity contribution is 8.18. The summed E-state index contributed by atoms with van der Waals surface area (Å²) < 4.78 is 22.7. The van der Waals surface area contributed by atoms with Crippen molar-refractivity contribution in [3.63, 3.8) is 0 Å². The molecule has 202 valence electrons. The molecule has 10 heteroatoms. The summed E-state index contributed by atoms with van der Waals surface area (Å²) >= 11 is 1.34. The van der Waals surface area contributed by atoms with Gasteiger partial charge in [-0.1, -0.05) is 24.3 Å². The van der Waals surface area contributed by atoms with E-state index >= 15 is 0 Å². The van der Waals surface area contributed by atoms with E-state index in [1.54, 1.807) is 23.1 Å². The molecule has 0 aliphatic carbocycles. The number of aliphatic imine (C=N–C) groups is 1. The molecule has 2 aliphatic heterocycles. The van der Waals surface area contributed by atoms with Gasteiger partial charge in [0.25, 0.3) is 5.91 Å². The van der Waals surface area contributed by atoms with Gasteiger partial charge in [-0.15, -0.1) is 0 Å². The minimum Gasteiger partial charge on any atom is -0.490 e. The van der Waals surface area contributed by atoms with Crippen LogP contribution in [-0.2, 0) is 16.1 Å². The molecule has 1 amide bonds. The second-order valence-corrected chi connectivity index (χ2v) is 9.90. The fourth-order valence-electron chi connectivity index (χ4n) is 4.23. The van der Waals surface area contributed by atoms with Crippen LogP contribution in [0.5, 0.6) is 11.5 Å². The van der Waals surface area contributed by atoms with Gasteiger partial charge in [0.15, 0.2) is 16.7 Å². The van der Waals surface area contributed by atoms with Crippen LogP contribution in [0.25, 0.3) is 6.08 Å². The summed E-state index contributed by atoms with van der Waals surface area (Å²) in [6.45, 7) is 3.49. The Morgan fingerprint density at radius 1 is 1.15 bits per heavy atom. The molecule has 1 atom stereocenters. The van der Waals surface area contributed by atoms with Crippen molar-refractivity contribution in [3.05, 3.63) is 82.7 Å². The lowest BCUT2D eigenvalue weighted by Crippen LogP contribution is -2.36. The second-order valence-electron chi connectivity index (χ2n) is 8.89. The molecule has 2 saturated heterocycles. The van der Waals surface area contributed by atoms with E-state index in [1.165, 1.54) is 17.8 Å². The van der Waals surface area contributed by atoms with Gasteiger partial charge in [0.05, 0.1) is 29.8 Å². The molecule has 1 N–H and O–H groups in total. The van der Waals surface area contributed by atoms with E-state index in [0.717, 1.165) is 24.1 Å². The van der Waals surface area contributed by atoms with Crippen LogP contribution in [0.3, 0.4) is 0 Å². The first kappa shape index (κ1) is 26.6. The SMILES string of the molecule is CCOc1cc(C=C2SC(=Nc3ccccc3)N(CC3CCCO3)C2=O)ccc1OCc1ccc(C(=O)O)o1. The molecule has 0 radical (unpaired) electrons. The Morgan fingerprint density at radius 2 is 2.00 bits per heavy atom. The molecule has 3 heterocycles. The summed E-state index contributed by atoms with van der Waals surface area (Å²) in [5.74, 6) is -0.0471. The highest BCUT2D eigenvalue weighted by Crippen LogP contribution is 2.37. The Hall–Kier alpha value is -4.02. The van der Waals surface area contributed by atoms with Gasteiger partial charge in [0.1, 0.15) is 12.4 Å². The first-order valence-corrected chi connectivity index (χ1v) is 13.5. The third-order valence-corrected chi connectivity index (χ3v) is 7.09. The number of amidine groups is 1. The summed E-state index contributed by atoms with van der Waals surface area (Å²) in [7, 11) is 0. The Morgan fingerprint density at radius 3 is 2.72 bits per heavy atom. The van der Waals surface area contributed by atoms with E-state index in [2.05, 4.69) is 0 Å². The highest BCUT2D eigenvalue weighted by atomic mass is 32.2. The minimum atomic E-state index is -1.14. The van der Waals surface area contributed by atoms with E-state index < -0.39 is 5.97 Å². The maximum Gasteiger partial charge on any atom is 0.371 e. The fourth-order valence-corrected chi connectivity index (χ4v) is 5.24. The predicted molar refractivity (Wildman–Crippen MR) is 147 cm³/mol. The zero-order valence-electron chi connectivity index (χ0n) is 21.4. The first-order valence-electron chi connectivity index (χ1n) is 12.7. The van der Waals surface area contributed by atoms with Gasteiger partial charge in [-0.3, -0.25) is 9.69 Å². The van der Waals surface area contributed by atoms with Crippen LogP contribution in [0, 0.1) is 0 Å². The Balaban J connectivity index is 1.37. The van der Waals surface area contributed by atoms with Gasteiger partial charge in [0.2, 0.25) is 5.76 Å². The first-order chi connectivity index (χ1) is 19.0. The van der Waals surface area contributed by atoms with Gasteiger partial charge in [-0.05, 0) is 79.6 Å². The minimum absolute atomic E-state index is 0.00315. The van der Waals surface area contributed by atoms with Gasteiger partial charge in [-0.25, -0.2) is 9.79 Å². The van der Waals surface area contributed by atoms with E-state index in [4.69, 9.17) is 28.7 Å². The number of ether oxygens (including phenoxy) is 3. The molecule has 3 aromatic rings. The lowest BCUT2D eigenvalue weighted by atomic mass is 10.1. The Labute approximate surface area is 230 Å². The van der Waals surface area contributed by atoms with Crippen molar-refractivity contribution in [2.45, 2.75) is 32.5 Å². The Bertz CT molecular complexity index is 1390. The third-order valence-electron chi connectivity index (χ3n) is 6.09. The molecule has 2 aliphatic rings. The smallest absolute Gasteiger partial charge is 0.371 e. The number of nitrogens with zero attached hydrogens (tertiary/aromatic N) is 2. The summed E-state index contributed by atoms with van der Waals surface area (Å²) in [4.78, 5) is 31.5. The molecule has 0 spiro atoms. The van der Waals surface area contributed by atoms with Crippen molar-refractivity contribution >= 4 is 40.6 Å². The molecular formula is C29H28N2O7S. The number of hydrogen-bond acceptors (Lipinski definition) is 8. The number of carboxylic acid groups (broad SMARTS) is 1. The maximum atomic E-state index is 13.5. The van der Waals surface area contributed by atoms with E-state index in [-0.39, 0.29) is 24.4 Å². The molecule has 0 bridgehead atoms. The van der Waals surface area contributed by atoms with Crippen molar-refractivity contribution in [1.82, 2.24) is 4.90 Å². The van der Waals surface area contributed by atoms with Gasteiger partial charge >= 0.3 is 5.97 Å². The zero-order chi connectivity index (χ0) is 27.2. The Kier molecular flexibility index (Phi) is 8.33. The number of hydrogen-bond donors (Lipinski definition) is 1. The van der Waals surface area contributed by atoms with Gasteiger partial charge in [0, 0.05) is 6.61 Å². The monoisotopic (exact) mass is 548 g/mol.